The number of rotatable bonds is 6. The highest BCUT2D eigenvalue weighted by Gasteiger charge is 2.20. The average molecular weight is 502 g/mol. The molecule has 0 saturated carbocycles. The second kappa shape index (κ2) is 8.92. The van der Waals surface area contributed by atoms with Gasteiger partial charge in [-0.05, 0) is 54.3 Å². The van der Waals surface area contributed by atoms with Crippen LogP contribution in [0.15, 0.2) is 58.5 Å². The van der Waals surface area contributed by atoms with E-state index in [1.165, 1.54) is 12.3 Å². The first-order valence-electron chi connectivity index (χ1n) is 11.8. The Morgan fingerprint density at radius 2 is 1.92 bits per heavy atom. The third kappa shape index (κ3) is 3.86. The summed E-state index contributed by atoms with van der Waals surface area (Å²) < 4.78 is 38.8. The highest BCUT2D eigenvalue weighted by atomic mass is 32.3. The SMILES string of the molecule is C#Cc1ccc2c(c1)[nH]c1c2c(=O)c2cc(CC)c(-c3cncc(S(=O)(=O)F)c3)cc2n1CCCC. The van der Waals surface area contributed by atoms with Crippen LogP contribution in [-0.4, -0.2) is 23.0 Å². The van der Waals surface area contributed by atoms with Crippen molar-refractivity contribution in [1.82, 2.24) is 14.5 Å². The minimum Gasteiger partial charge on any atom is -0.340 e. The molecule has 5 aromatic rings. The van der Waals surface area contributed by atoms with Gasteiger partial charge in [0, 0.05) is 46.4 Å². The van der Waals surface area contributed by atoms with Gasteiger partial charge in [-0.1, -0.05) is 32.3 Å². The highest BCUT2D eigenvalue weighted by Crippen LogP contribution is 2.33. The molecule has 0 spiro atoms. The fourth-order valence-corrected chi connectivity index (χ4v) is 5.26. The van der Waals surface area contributed by atoms with Crippen molar-refractivity contribution in [3.8, 4) is 23.5 Å². The number of benzene rings is 2. The Morgan fingerprint density at radius 3 is 2.61 bits per heavy atom. The van der Waals surface area contributed by atoms with E-state index in [0.29, 0.717) is 46.0 Å². The van der Waals surface area contributed by atoms with Crippen LogP contribution in [0.3, 0.4) is 0 Å². The Balaban J connectivity index is 1.90. The fraction of sp³-hybridized carbons (Fsp3) is 0.214. The van der Waals surface area contributed by atoms with Gasteiger partial charge < -0.3 is 9.55 Å². The Morgan fingerprint density at radius 1 is 1.11 bits per heavy atom. The maximum absolute atomic E-state index is 13.8. The molecule has 3 aromatic heterocycles. The largest absolute Gasteiger partial charge is 0.340 e. The van der Waals surface area contributed by atoms with Crippen LogP contribution in [0.5, 0.6) is 0 Å². The zero-order valence-electron chi connectivity index (χ0n) is 19.9. The molecule has 36 heavy (non-hydrogen) atoms. The van der Waals surface area contributed by atoms with Crippen LogP contribution >= 0.6 is 0 Å². The number of nitrogens with one attached hydrogen (secondary N) is 1. The van der Waals surface area contributed by atoms with Gasteiger partial charge in [-0.15, -0.1) is 10.3 Å². The van der Waals surface area contributed by atoms with Gasteiger partial charge in [-0.2, -0.15) is 8.42 Å². The molecule has 0 radical (unpaired) electrons. The lowest BCUT2D eigenvalue weighted by atomic mass is 9.96. The molecular formula is C28H24FN3O3S. The maximum atomic E-state index is 13.8. The number of aryl methyl sites for hydroxylation is 2. The molecule has 0 aliphatic rings. The number of hydrogen-bond acceptors (Lipinski definition) is 4. The Kier molecular flexibility index (Phi) is 5.89. The summed E-state index contributed by atoms with van der Waals surface area (Å²) in [6.45, 7) is 4.72. The quantitative estimate of drug-likeness (QED) is 0.239. The number of aromatic nitrogens is 3. The molecule has 0 aliphatic heterocycles. The zero-order valence-corrected chi connectivity index (χ0v) is 20.7. The molecule has 182 valence electrons. The Labute approximate surface area is 208 Å². The summed E-state index contributed by atoms with van der Waals surface area (Å²) in [4.78, 5) is 20.7. The first kappa shape index (κ1) is 23.8. The normalized spacial score (nSPS) is 11.9. The van der Waals surface area contributed by atoms with Crippen LogP contribution < -0.4 is 5.43 Å². The summed E-state index contributed by atoms with van der Waals surface area (Å²) in [7, 11) is -4.91. The van der Waals surface area contributed by atoms with Gasteiger partial charge in [0.05, 0.1) is 10.9 Å². The number of H-pyrrole nitrogens is 1. The topological polar surface area (TPSA) is 84.8 Å². The van der Waals surface area contributed by atoms with Crippen molar-refractivity contribution in [3.05, 3.63) is 70.1 Å². The summed E-state index contributed by atoms with van der Waals surface area (Å²) >= 11 is 0. The highest BCUT2D eigenvalue weighted by molar-refractivity contribution is 7.86. The van der Waals surface area contributed by atoms with E-state index in [0.717, 1.165) is 41.1 Å². The first-order chi connectivity index (χ1) is 17.3. The summed E-state index contributed by atoms with van der Waals surface area (Å²) in [5, 5.41) is 2.00. The van der Waals surface area contributed by atoms with Crippen LogP contribution in [0.25, 0.3) is 44.0 Å². The third-order valence-electron chi connectivity index (χ3n) is 6.62. The fourth-order valence-electron chi connectivity index (χ4n) is 4.81. The molecule has 0 aliphatic carbocycles. The molecule has 0 atom stereocenters. The predicted molar refractivity (Wildman–Crippen MR) is 141 cm³/mol. The van der Waals surface area contributed by atoms with Gasteiger partial charge in [0.1, 0.15) is 10.5 Å². The van der Waals surface area contributed by atoms with Crippen LogP contribution in [-0.2, 0) is 23.2 Å². The number of fused-ring (bicyclic) bond motifs is 4. The smallest absolute Gasteiger partial charge is 0.333 e. The zero-order chi connectivity index (χ0) is 25.6. The number of aromatic amines is 1. The number of unbranched alkanes of at least 4 members (excludes halogenated alkanes) is 1. The predicted octanol–water partition coefficient (Wildman–Crippen LogP) is 5.70. The molecule has 6 nitrogen and oxygen atoms in total. The lowest BCUT2D eigenvalue weighted by Crippen LogP contribution is -2.12. The maximum Gasteiger partial charge on any atom is 0.333 e. The van der Waals surface area contributed by atoms with Crippen molar-refractivity contribution in [2.24, 2.45) is 0 Å². The second-order valence-corrected chi connectivity index (χ2v) is 10.2. The average Bonchev–Trinajstić information content (AvgIpc) is 3.26. The summed E-state index contributed by atoms with van der Waals surface area (Å²) in [5.41, 5.74) is 4.85. The molecule has 0 fully saturated rings. The van der Waals surface area contributed by atoms with E-state index in [9.17, 15) is 17.1 Å². The molecule has 1 N–H and O–H groups in total. The standard InChI is InChI=1S/C28H24FN3O3S/c1-4-7-10-32-25-14-22(19-12-20(16-30-15-19)36(29,34)35)18(6-3)13-23(25)27(33)26-21-9-8-17(5-2)11-24(21)31-28(26)32/h2,8-9,11-16,31H,4,6-7,10H2,1,3H3. The molecule has 3 heterocycles. The molecule has 0 saturated heterocycles. The number of halogens is 1. The van der Waals surface area contributed by atoms with Gasteiger partial charge in [0.15, 0.2) is 5.43 Å². The van der Waals surface area contributed by atoms with Crippen molar-refractivity contribution in [3.63, 3.8) is 0 Å². The van der Waals surface area contributed by atoms with Crippen LogP contribution in [0, 0.1) is 12.3 Å². The summed E-state index contributed by atoms with van der Waals surface area (Å²) in [6.07, 6.45) is 10.5. The lowest BCUT2D eigenvalue weighted by molar-refractivity contribution is 0.551. The summed E-state index contributed by atoms with van der Waals surface area (Å²) in [6, 6.07) is 10.6. The summed E-state index contributed by atoms with van der Waals surface area (Å²) in [5.74, 6) is 2.64. The van der Waals surface area contributed by atoms with E-state index in [4.69, 9.17) is 6.42 Å². The molecule has 0 bridgehead atoms. The molecule has 2 aromatic carbocycles. The molecule has 0 unspecified atom stereocenters. The van der Waals surface area contributed by atoms with Crippen molar-refractivity contribution in [2.45, 2.75) is 44.6 Å². The third-order valence-corrected chi connectivity index (χ3v) is 7.41. The van der Waals surface area contributed by atoms with Crippen molar-refractivity contribution < 1.29 is 12.3 Å². The van der Waals surface area contributed by atoms with E-state index in [-0.39, 0.29) is 5.43 Å². The van der Waals surface area contributed by atoms with E-state index >= 15 is 0 Å². The number of nitrogens with zero attached hydrogens (tertiary/aromatic N) is 2. The molecule has 0 amide bonds. The minimum atomic E-state index is -4.91. The minimum absolute atomic E-state index is 0.0908. The second-order valence-electron chi connectivity index (χ2n) is 8.81. The van der Waals surface area contributed by atoms with E-state index in [2.05, 4.69) is 27.4 Å². The van der Waals surface area contributed by atoms with Crippen molar-refractivity contribution in [2.75, 3.05) is 0 Å². The lowest BCUT2D eigenvalue weighted by Gasteiger charge is -2.16. The number of terminal acetylenes is 1. The van der Waals surface area contributed by atoms with Gasteiger partial charge in [-0.3, -0.25) is 9.78 Å². The van der Waals surface area contributed by atoms with E-state index in [1.807, 2.05) is 37.3 Å². The van der Waals surface area contributed by atoms with E-state index < -0.39 is 15.1 Å². The monoisotopic (exact) mass is 501 g/mol. The Hall–Kier alpha value is -3.96. The van der Waals surface area contributed by atoms with Crippen LogP contribution in [0.4, 0.5) is 3.89 Å². The van der Waals surface area contributed by atoms with Crippen LogP contribution in [0.1, 0.15) is 37.8 Å². The number of hydrogen-bond donors (Lipinski definition) is 1. The van der Waals surface area contributed by atoms with Crippen molar-refractivity contribution in [1.29, 1.82) is 0 Å². The van der Waals surface area contributed by atoms with Gasteiger partial charge in [0.25, 0.3) is 0 Å². The Bertz CT molecular complexity index is 1880. The van der Waals surface area contributed by atoms with Gasteiger partial charge in [0.2, 0.25) is 0 Å². The molecule has 8 heteroatoms. The van der Waals surface area contributed by atoms with Gasteiger partial charge in [-0.25, -0.2) is 0 Å². The van der Waals surface area contributed by atoms with E-state index in [1.54, 1.807) is 0 Å². The number of pyridine rings is 2. The van der Waals surface area contributed by atoms with Gasteiger partial charge >= 0.3 is 10.2 Å². The van der Waals surface area contributed by atoms with Crippen LogP contribution in [0.2, 0.25) is 0 Å². The first-order valence-corrected chi connectivity index (χ1v) is 13.2. The van der Waals surface area contributed by atoms with Crippen molar-refractivity contribution >= 4 is 43.1 Å². The molecular weight excluding hydrogens is 477 g/mol. The molecule has 5 rings (SSSR count).